The molecule has 0 saturated carbocycles. The summed E-state index contributed by atoms with van der Waals surface area (Å²) in [5.74, 6) is 1.74. The summed E-state index contributed by atoms with van der Waals surface area (Å²) >= 11 is 4.67. The van der Waals surface area contributed by atoms with Gasteiger partial charge in [0, 0.05) is 18.5 Å². The van der Waals surface area contributed by atoms with E-state index in [0.717, 1.165) is 22.0 Å². The van der Waals surface area contributed by atoms with Crippen LogP contribution in [0.2, 0.25) is 0 Å². The van der Waals surface area contributed by atoms with Crippen molar-refractivity contribution in [3.63, 3.8) is 0 Å². The van der Waals surface area contributed by atoms with Gasteiger partial charge in [0.1, 0.15) is 5.75 Å². The summed E-state index contributed by atoms with van der Waals surface area (Å²) in [5, 5.41) is 11.5. The lowest BCUT2D eigenvalue weighted by molar-refractivity contribution is -0.127. The molecule has 0 spiro atoms. The molecule has 0 aliphatic rings. The fourth-order valence-electron chi connectivity index (χ4n) is 3.29. The number of rotatable bonds is 9. The normalized spacial score (nSPS) is 10.9. The van der Waals surface area contributed by atoms with E-state index >= 15 is 0 Å². The fourth-order valence-corrected chi connectivity index (χ4v) is 5.28. The third-order valence-corrected chi connectivity index (χ3v) is 7.55. The maximum Gasteiger partial charge on any atom is 0.233 e. The zero-order chi connectivity index (χ0) is 23.2. The molecule has 0 fully saturated rings. The Bertz CT molecular complexity index is 1210. The maximum atomic E-state index is 12.9. The molecule has 4 aromatic rings. The van der Waals surface area contributed by atoms with Gasteiger partial charge in [0.15, 0.2) is 11.0 Å². The molecular formula is C24H24N4O2S3. The van der Waals surface area contributed by atoms with E-state index in [4.69, 9.17) is 4.74 Å². The van der Waals surface area contributed by atoms with E-state index in [1.165, 1.54) is 16.7 Å². The van der Waals surface area contributed by atoms with Crippen LogP contribution in [0.1, 0.15) is 5.56 Å². The predicted molar refractivity (Wildman–Crippen MR) is 137 cm³/mol. The molecule has 0 bridgehead atoms. The average molecular weight is 497 g/mol. The monoisotopic (exact) mass is 496 g/mol. The highest BCUT2D eigenvalue weighted by atomic mass is 32.2. The van der Waals surface area contributed by atoms with Gasteiger partial charge in [-0.15, -0.1) is 33.3 Å². The number of methoxy groups -OCH3 is 1. The van der Waals surface area contributed by atoms with Crippen molar-refractivity contribution >= 4 is 40.8 Å². The second kappa shape index (κ2) is 10.9. The number of amides is 1. The molecule has 0 atom stereocenters. The van der Waals surface area contributed by atoms with E-state index in [2.05, 4.69) is 40.7 Å². The van der Waals surface area contributed by atoms with Crippen molar-refractivity contribution in [2.24, 2.45) is 0 Å². The first-order chi connectivity index (χ1) is 16.1. The van der Waals surface area contributed by atoms with Gasteiger partial charge >= 0.3 is 0 Å². The molecular weight excluding hydrogens is 472 g/mol. The van der Waals surface area contributed by atoms with E-state index in [0.29, 0.717) is 17.5 Å². The summed E-state index contributed by atoms with van der Waals surface area (Å²) in [7, 11) is 3.47. The molecule has 2 aromatic heterocycles. The maximum absolute atomic E-state index is 12.9. The number of hydrogen-bond acceptors (Lipinski definition) is 7. The molecule has 33 heavy (non-hydrogen) atoms. The summed E-state index contributed by atoms with van der Waals surface area (Å²) in [6, 6.07) is 20.0. The van der Waals surface area contributed by atoms with Gasteiger partial charge < -0.3 is 9.64 Å². The highest BCUT2D eigenvalue weighted by Crippen LogP contribution is 2.34. The van der Waals surface area contributed by atoms with Crippen molar-refractivity contribution in [3.8, 4) is 22.1 Å². The number of carbonyl (C=O) groups is 1. The standard InChI is InChI=1S/C24H24N4O2S3/c1-27(15-17-10-12-18(31-3)13-11-17)22(29)16-33-24-26-25-23(21-9-6-14-32-21)28(24)19-7-4-5-8-20(19)30-2/h4-14H,15-16H2,1-3H3. The minimum atomic E-state index is 0.0289. The van der Waals surface area contributed by atoms with Gasteiger partial charge in [-0.1, -0.05) is 42.1 Å². The number of ether oxygens (including phenoxy) is 1. The predicted octanol–water partition coefficient (Wildman–Crippen LogP) is 5.48. The Kier molecular flexibility index (Phi) is 7.74. The van der Waals surface area contributed by atoms with Crippen LogP contribution in [0, 0.1) is 0 Å². The van der Waals surface area contributed by atoms with Gasteiger partial charge in [-0.05, 0) is 47.5 Å². The van der Waals surface area contributed by atoms with Crippen LogP contribution in [0.5, 0.6) is 5.75 Å². The van der Waals surface area contributed by atoms with Gasteiger partial charge in [0.25, 0.3) is 0 Å². The minimum Gasteiger partial charge on any atom is -0.495 e. The molecule has 2 heterocycles. The van der Waals surface area contributed by atoms with E-state index in [1.807, 2.05) is 53.4 Å². The molecule has 0 N–H and O–H groups in total. The van der Waals surface area contributed by atoms with Gasteiger partial charge in [-0.25, -0.2) is 0 Å². The van der Waals surface area contributed by atoms with Gasteiger partial charge in [0.05, 0.1) is 23.4 Å². The topological polar surface area (TPSA) is 60.2 Å². The number of para-hydroxylation sites is 2. The molecule has 0 radical (unpaired) electrons. The molecule has 0 saturated heterocycles. The zero-order valence-electron chi connectivity index (χ0n) is 18.6. The third kappa shape index (κ3) is 5.43. The van der Waals surface area contributed by atoms with Crippen LogP contribution in [0.15, 0.2) is 76.1 Å². The lowest BCUT2D eigenvalue weighted by Gasteiger charge is -2.17. The number of benzene rings is 2. The second-order valence-electron chi connectivity index (χ2n) is 7.18. The summed E-state index contributed by atoms with van der Waals surface area (Å²) in [6.07, 6.45) is 2.05. The van der Waals surface area contributed by atoms with E-state index in [1.54, 1.807) is 35.1 Å². The van der Waals surface area contributed by atoms with Crippen molar-refractivity contribution in [2.45, 2.75) is 16.6 Å². The first kappa shape index (κ1) is 23.4. The van der Waals surface area contributed by atoms with Gasteiger partial charge in [0.2, 0.25) is 5.91 Å². The van der Waals surface area contributed by atoms with Crippen LogP contribution in [0.4, 0.5) is 0 Å². The summed E-state index contributed by atoms with van der Waals surface area (Å²) in [4.78, 5) is 16.8. The van der Waals surface area contributed by atoms with Crippen LogP contribution in [0.25, 0.3) is 16.4 Å². The quantitative estimate of drug-likeness (QED) is 0.286. The van der Waals surface area contributed by atoms with Crippen LogP contribution in [0.3, 0.4) is 0 Å². The molecule has 4 rings (SSSR count). The van der Waals surface area contributed by atoms with E-state index in [9.17, 15) is 4.79 Å². The Morgan fingerprint density at radius 1 is 1.09 bits per heavy atom. The van der Waals surface area contributed by atoms with Crippen LogP contribution in [-0.4, -0.2) is 51.7 Å². The highest BCUT2D eigenvalue weighted by molar-refractivity contribution is 7.99. The van der Waals surface area contributed by atoms with E-state index in [-0.39, 0.29) is 11.7 Å². The Labute approximate surface area is 206 Å². The molecule has 0 aliphatic carbocycles. The van der Waals surface area contributed by atoms with Crippen molar-refractivity contribution in [3.05, 3.63) is 71.6 Å². The largest absolute Gasteiger partial charge is 0.495 e. The molecule has 6 nitrogen and oxygen atoms in total. The number of thioether (sulfide) groups is 2. The Morgan fingerprint density at radius 3 is 2.58 bits per heavy atom. The van der Waals surface area contributed by atoms with Crippen molar-refractivity contribution in [2.75, 3.05) is 26.2 Å². The Hall–Kier alpha value is -2.75. The second-order valence-corrected chi connectivity index (χ2v) is 9.95. The number of thiophene rings is 1. The summed E-state index contributed by atoms with van der Waals surface area (Å²) < 4.78 is 7.55. The number of carbonyl (C=O) groups excluding carboxylic acids is 1. The zero-order valence-corrected chi connectivity index (χ0v) is 21.0. The Balaban J connectivity index is 1.53. The smallest absolute Gasteiger partial charge is 0.233 e. The molecule has 0 aliphatic heterocycles. The first-order valence-electron chi connectivity index (χ1n) is 10.2. The van der Waals surface area contributed by atoms with Crippen LogP contribution in [-0.2, 0) is 11.3 Å². The number of aromatic nitrogens is 3. The Morgan fingerprint density at radius 2 is 1.88 bits per heavy atom. The highest BCUT2D eigenvalue weighted by Gasteiger charge is 2.21. The molecule has 1 amide bonds. The first-order valence-corrected chi connectivity index (χ1v) is 13.3. The fraction of sp³-hybridized carbons (Fsp3) is 0.208. The van der Waals surface area contributed by atoms with Gasteiger partial charge in [-0.3, -0.25) is 9.36 Å². The molecule has 170 valence electrons. The minimum absolute atomic E-state index is 0.0289. The molecule has 9 heteroatoms. The van der Waals surface area contributed by atoms with Crippen LogP contribution >= 0.6 is 34.9 Å². The van der Waals surface area contributed by atoms with Crippen molar-refractivity contribution in [1.82, 2.24) is 19.7 Å². The van der Waals surface area contributed by atoms with Crippen LogP contribution < -0.4 is 4.74 Å². The van der Waals surface area contributed by atoms with E-state index < -0.39 is 0 Å². The SMILES string of the molecule is COc1ccccc1-n1c(SCC(=O)N(C)Cc2ccc(SC)cc2)nnc1-c1cccs1. The molecule has 0 unspecified atom stereocenters. The third-order valence-electron chi connectivity index (χ3n) is 5.03. The van der Waals surface area contributed by atoms with Crippen molar-refractivity contribution in [1.29, 1.82) is 0 Å². The average Bonchev–Trinajstić information content (AvgIpc) is 3.52. The van der Waals surface area contributed by atoms with Crippen molar-refractivity contribution < 1.29 is 9.53 Å². The number of hydrogen-bond donors (Lipinski definition) is 0. The number of nitrogens with zero attached hydrogens (tertiary/aromatic N) is 4. The molecule has 2 aromatic carbocycles. The lowest BCUT2D eigenvalue weighted by atomic mass is 10.2. The lowest BCUT2D eigenvalue weighted by Crippen LogP contribution is -2.27. The van der Waals surface area contributed by atoms with Gasteiger partial charge in [-0.2, -0.15) is 0 Å². The summed E-state index contributed by atoms with van der Waals surface area (Å²) in [5.41, 5.74) is 1.94. The summed E-state index contributed by atoms with van der Waals surface area (Å²) in [6.45, 7) is 0.563.